The SMILES string of the molecule is CC(C)S(=O)(=O)N1CCc2nc(NC(=O)c3cccc(Br)c3)sc2C1. The van der Waals surface area contributed by atoms with Gasteiger partial charge in [0.2, 0.25) is 10.0 Å². The van der Waals surface area contributed by atoms with Gasteiger partial charge in [-0.3, -0.25) is 10.1 Å². The summed E-state index contributed by atoms with van der Waals surface area (Å²) in [5, 5.41) is 2.85. The number of fused-ring (bicyclic) bond motifs is 1. The summed E-state index contributed by atoms with van der Waals surface area (Å²) in [6, 6.07) is 7.10. The number of aromatic nitrogens is 1. The molecule has 1 amide bonds. The second kappa shape index (κ2) is 7.14. The average Bonchev–Trinajstić information content (AvgIpc) is 2.95. The molecule has 0 atom stereocenters. The Balaban J connectivity index is 1.76. The largest absolute Gasteiger partial charge is 0.298 e. The van der Waals surface area contributed by atoms with Gasteiger partial charge in [-0.1, -0.05) is 22.0 Å². The van der Waals surface area contributed by atoms with Gasteiger partial charge in [0, 0.05) is 34.4 Å². The summed E-state index contributed by atoms with van der Waals surface area (Å²) < 4.78 is 27.0. The average molecular weight is 444 g/mol. The van der Waals surface area contributed by atoms with Gasteiger partial charge in [0.15, 0.2) is 5.13 Å². The first-order valence-corrected chi connectivity index (χ1v) is 10.9. The number of carbonyl (C=O) groups excluding carboxylic acids is 1. The molecule has 0 spiro atoms. The highest BCUT2D eigenvalue weighted by Gasteiger charge is 2.31. The smallest absolute Gasteiger partial charge is 0.257 e. The van der Waals surface area contributed by atoms with Crippen LogP contribution in [0.25, 0.3) is 0 Å². The Bertz CT molecular complexity index is 909. The molecule has 25 heavy (non-hydrogen) atoms. The highest BCUT2D eigenvalue weighted by molar-refractivity contribution is 9.10. The third kappa shape index (κ3) is 3.94. The van der Waals surface area contributed by atoms with Crippen LogP contribution in [0.2, 0.25) is 0 Å². The molecule has 1 N–H and O–H groups in total. The van der Waals surface area contributed by atoms with Crippen LogP contribution < -0.4 is 5.32 Å². The normalized spacial score (nSPS) is 15.2. The molecule has 1 aromatic carbocycles. The number of benzene rings is 1. The van der Waals surface area contributed by atoms with E-state index in [-0.39, 0.29) is 5.91 Å². The van der Waals surface area contributed by atoms with Crippen molar-refractivity contribution in [2.75, 3.05) is 11.9 Å². The van der Waals surface area contributed by atoms with Crippen molar-refractivity contribution in [3.8, 4) is 0 Å². The van der Waals surface area contributed by atoms with E-state index in [0.717, 1.165) is 15.0 Å². The standard InChI is InChI=1S/C16H18BrN3O3S2/c1-10(2)25(22,23)20-7-6-13-14(9-20)24-16(18-13)19-15(21)11-4-3-5-12(17)8-11/h3-5,8,10H,6-7,9H2,1-2H3,(H,18,19,21). The molecule has 0 saturated carbocycles. The molecule has 134 valence electrons. The van der Waals surface area contributed by atoms with Crippen molar-refractivity contribution in [2.24, 2.45) is 0 Å². The molecule has 0 fully saturated rings. The number of nitrogens with zero attached hydrogens (tertiary/aromatic N) is 2. The summed E-state index contributed by atoms with van der Waals surface area (Å²) in [6.07, 6.45) is 0.560. The van der Waals surface area contributed by atoms with Gasteiger partial charge in [-0.25, -0.2) is 13.4 Å². The van der Waals surface area contributed by atoms with Crippen LogP contribution in [-0.2, 0) is 23.0 Å². The predicted octanol–water partition coefficient (Wildman–Crippen LogP) is 3.25. The Kier molecular flexibility index (Phi) is 5.29. The van der Waals surface area contributed by atoms with Gasteiger partial charge in [-0.05, 0) is 32.0 Å². The van der Waals surface area contributed by atoms with E-state index in [2.05, 4.69) is 26.2 Å². The number of hydrogen-bond donors (Lipinski definition) is 1. The first kappa shape index (κ1) is 18.5. The number of anilines is 1. The lowest BCUT2D eigenvalue weighted by Crippen LogP contribution is -2.39. The third-order valence-corrected chi connectivity index (χ3v) is 7.67. The Hall–Kier alpha value is -1.29. The van der Waals surface area contributed by atoms with E-state index >= 15 is 0 Å². The van der Waals surface area contributed by atoms with E-state index in [9.17, 15) is 13.2 Å². The Morgan fingerprint density at radius 1 is 1.40 bits per heavy atom. The maximum atomic E-state index is 12.3. The topological polar surface area (TPSA) is 79.4 Å². The van der Waals surface area contributed by atoms with Crippen LogP contribution in [0.15, 0.2) is 28.7 Å². The van der Waals surface area contributed by atoms with Crippen LogP contribution in [0.3, 0.4) is 0 Å². The number of hydrogen-bond acceptors (Lipinski definition) is 5. The minimum atomic E-state index is -3.28. The summed E-state index contributed by atoms with van der Waals surface area (Å²) in [5.41, 5.74) is 1.40. The summed E-state index contributed by atoms with van der Waals surface area (Å²) in [6.45, 7) is 4.11. The van der Waals surface area contributed by atoms with Gasteiger partial charge in [0.1, 0.15) is 0 Å². The van der Waals surface area contributed by atoms with Crippen LogP contribution in [0, 0.1) is 0 Å². The van der Waals surface area contributed by atoms with E-state index in [0.29, 0.717) is 30.2 Å². The lowest BCUT2D eigenvalue weighted by atomic mass is 10.2. The number of rotatable bonds is 4. The van der Waals surface area contributed by atoms with E-state index in [1.165, 1.54) is 15.6 Å². The van der Waals surface area contributed by atoms with Crippen molar-refractivity contribution < 1.29 is 13.2 Å². The number of sulfonamides is 1. The molecule has 0 saturated heterocycles. The van der Waals surface area contributed by atoms with E-state index < -0.39 is 15.3 Å². The Morgan fingerprint density at radius 2 is 2.16 bits per heavy atom. The van der Waals surface area contributed by atoms with Gasteiger partial charge in [0.25, 0.3) is 5.91 Å². The Morgan fingerprint density at radius 3 is 2.84 bits per heavy atom. The second-order valence-corrected chi connectivity index (χ2v) is 10.5. The number of thiazole rings is 1. The zero-order chi connectivity index (χ0) is 18.2. The maximum absolute atomic E-state index is 12.3. The lowest BCUT2D eigenvalue weighted by Gasteiger charge is -2.26. The number of amides is 1. The highest BCUT2D eigenvalue weighted by Crippen LogP contribution is 2.30. The molecule has 9 heteroatoms. The second-order valence-electron chi connectivity index (χ2n) is 6.03. The molecule has 2 heterocycles. The molecular formula is C16H18BrN3O3S2. The number of halogens is 1. The molecule has 1 aliphatic rings. The summed E-state index contributed by atoms with van der Waals surface area (Å²) in [5.74, 6) is -0.237. The zero-order valence-electron chi connectivity index (χ0n) is 13.8. The van der Waals surface area contributed by atoms with E-state index in [1.54, 1.807) is 32.0 Å². The molecule has 0 bridgehead atoms. The number of carbonyl (C=O) groups is 1. The minimum absolute atomic E-state index is 0.237. The summed E-state index contributed by atoms with van der Waals surface area (Å²) >= 11 is 4.68. The fourth-order valence-corrected chi connectivity index (χ4v) is 5.29. The van der Waals surface area contributed by atoms with E-state index in [1.807, 2.05) is 6.07 Å². The van der Waals surface area contributed by atoms with Crippen LogP contribution in [0.1, 0.15) is 34.8 Å². The van der Waals surface area contributed by atoms with Crippen LogP contribution >= 0.6 is 27.3 Å². The van der Waals surface area contributed by atoms with Gasteiger partial charge in [0.05, 0.1) is 10.9 Å². The monoisotopic (exact) mass is 443 g/mol. The van der Waals surface area contributed by atoms with Crippen molar-refractivity contribution in [1.82, 2.24) is 9.29 Å². The van der Waals surface area contributed by atoms with Crippen molar-refractivity contribution in [2.45, 2.75) is 32.1 Å². The molecule has 3 rings (SSSR count). The molecule has 1 aromatic heterocycles. The van der Waals surface area contributed by atoms with E-state index in [4.69, 9.17) is 0 Å². The minimum Gasteiger partial charge on any atom is -0.298 e. The van der Waals surface area contributed by atoms with Crippen molar-refractivity contribution in [3.63, 3.8) is 0 Å². The molecular weight excluding hydrogens is 426 g/mol. The molecule has 2 aromatic rings. The van der Waals surface area contributed by atoms with Gasteiger partial charge in [-0.15, -0.1) is 11.3 Å². The van der Waals surface area contributed by atoms with Crippen molar-refractivity contribution >= 4 is 48.3 Å². The van der Waals surface area contributed by atoms with Gasteiger partial charge < -0.3 is 0 Å². The van der Waals surface area contributed by atoms with Gasteiger partial charge in [-0.2, -0.15) is 4.31 Å². The van der Waals surface area contributed by atoms with Gasteiger partial charge >= 0.3 is 0 Å². The fourth-order valence-electron chi connectivity index (χ4n) is 2.54. The van der Waals surface area contributed by atoms with Crippen LogP contribution in [0.5, 0.6) is 0 Å². The van der Waals surface area contributed by atoms with Crippen LogP contribution in [0.4, 0.5) is 5.13 Å². The molecule has 0 aliphatic carbocycles. The molecule has 6 nitrogen and oxygen atoms in total. The zero-order valence-corrected chi connectivity index (χ0v) is 17.0. The Labute approximate surface area is 159 Å². The third-order valence-electron chi connectivity index (χ3n) is 3.96. The molecule has 0 unspecified atom stereocenters. The summed E-state index contributed by atoms with van der Waals surface area (Å²) in [7, 11) is -3.28. The highest BCUT2D eigenvalue weighted by atomic mass is 79.9. The number of nitrogens with one attached hydrogen (secondary N) is 1. The maximum Gasteiger partial charge on any atom is 0.257 e. The first-order valence-electron chi connectivity index (χ1n) is 7.82. The summed E-state index contributed by atoms with van der Waals surface area (Å²) in [4.78, 5) is 17.7. The first-order chi connectivity index (χ1) is 11.8. The van der Waals surface area contributed by atoms with Crippen LogP contribution in [-0.4, -0.2) is 35.4 Å². The quantitative estimate of drug-likeness (QED) is 0.785. The molecule has 1 aliphatic heterocycles. The fraction of sp³-hybridized carbons (Fsp3) is 0.375. The van der Waals surface area contributed by atoms with Crippen molar-refractivity contribution in [3.05, 3.63) is 44.9 Å². The lowest BCUT2D eigenvalue weighted by molar-refractivity contribution is 0.102. The predicted molar refractivity (Wildman–Crippen MR) is 102 cm³/mol. The van der Waals surface area contributed by atoms with Crippen molar-refractivity contribution in [1.29, 1.82) is 0 Å². The molecule has 0 radical (unpaired) electrons.